The van der Waals surface area contributed by atoms with Crippen molar-refractivity contribution in [1.29, 1.82) is 0 Å². The van der Waals surface area contributed by atoms with Crippen LogP contribution in [0.2, 0.25) is 0 Å². The molecular formula is C9H11IOSZn. The van der Waals surface area contributed by atoms with Crippen LogP contribution >= 0.6 is 19.8 Å². The summed E-state index contributed by atoms with van der Waals surface area (Å²) in [6.07, 6.45) is 0.724. The first-order valence-electron chi connectivity index (χ1n) is 3.84. The van der Waals surface area contributed by atoms with E-state index in [9.17, 15) is 4.21 Å². The van der Waals surface area contributed by atoms with Crippen LogP contribution in [-0.4, -0.2) is 9.96 Å². The average Bonchev–Trinajstić information content (AvgIpc) is 2.23. The number of halogens is 1. The standard InChI is InChI=1S/C9H11OS.HI.Zn/c1-2-8-11(10)9-6-4-3-5-7-9;;/h3-7H,1-2,8H2;1H;/q-1;;+2/p-1. The minimum absolute atomic E-state index is 0.657. The predicted octanol–water partition coefficient (Wildman–Crippen LogP) is 2.90. The van der Waals surface area contributed by atoms with Gasteiger partial charge in [0.2, 0.25) is 0 Å². The van der Waals surface area contributed by atoms with Crippen LogP contribution in [0.25, 0.3) is 0 Å². The molecule has 0 heterocycles. The Morgan fingerprint density at radius 1 is 1.31 bits per heavy atom. The van der Waals surface area contributed by atoms with Crippen molar-refractivity contribution < 1.29 is 19.0 Å². The molecule has 0 radical (unpaired) electrons. The van der Waals surface area contributed by atoms with Gasteiger partial charge in [0, 0.05) is 10.6 Å². The summed E-state index contributed by atoms with van der Waals surface area (Å²) in [6, 6.07) is 9.48. The second-order valence-corrected chi connectivity index (χ2v) is 3.79. The number of hydrogen-bond donors (Lipinski definition) is 0. The number of benzene rings is 1. The Balaban J connectivity index is 0.000000671. The molecule has 0 spiro atoms. The van der Waals surface area contributed by atoms with E-state index in [-0.39, 0.29) is 0 Å². The Morgan fingerprint density at radius 2 is 1.85 bits per heavy atom. The molecule has 0 aliphatic heterocycles. The molecule has 0 amide bonds. The van der Waals surface area contributed by atoms with E-state index in [0.717, 1.165) is 11.3 Å². The average molecular weight is 360 g/mol. The van der Waals surface area contributed by atoms with E-state index in [0.29, 0.717) is 5.75 Å². The molecule has 0 aliphatic rings. The van der Waals surface area contributed by atoms with Crippen LogP contribution in [0.15, 0.2) is 35.2 Å². The maximum atomic E-state index is 11.3. The molecular weight excluding hydrogens is 348 g/mol. The molecule has 0 aromatic heterocycles. The summed E-state index contributed by atoms with van der Waals surface area (Å²) in [6.45, 7) is 3.66. The van der Waals surface area contributed by atoms with Gasteiger partial charge in [-0.1, -0.05) is 18.2 Å². The summed E-state index contributed by atoms with van der Waals surface area (Å²) in [7, 11) is -0.846. The second kappa shape index (κ2) is 9.29. The predicted molar refractivity (Wildman–Crippen MR) is 61.7 cm³/mol. The zero-order valence-corrected chi connectivity index (χ0v) is 13.4. The van der Waals surface area contributed by atoms with Crippen LogP contribution in [0.3, 0.4) is 0 Å². The Bertz CT molecular complexity index is 241. The Labute approximate surface area is 103 Å². The summed E-state index contributed by atoms with van der Waals surface area (Å²) in [4.78, 5) is 0.899. The van der Waals surface area contributed by atoms with E-state index in [2.05, 4.69) is 26.7 Å². The van der Waals surface area contributed by atoms with E-state index in [1.807, 2.05) is 30.3 Å². The van der Waals surface area contributed by atoms with Crippen molar-refractivity contribution in [3.63, 3.8) is 0 Å². The van der Waals surface area contributed by atoms with E-state index < -0.39 is 10.8 Å². The Morgan fingerprint density at radius 3 is 2.31 bits per heavy atom. The van der Waals surface area contributed by atoms with E-state index in [1.165, 1.54) is 14.8 Å². The van der Waals surface area contributed by atoms with Crippen molar-refractivity contribution in [3.05, 3.63) is 37.3 Å². The summed E-state index contributed by atoms with van der Waals surface area (Å²) in [5, 5.41) is 0. The van der Waals surface area contributed by atoms with E-state index in [1.54, 1.807) is 0 Å². The summed E-state index contributed by atoms with van der Waals surface area (Å²) in [5.41, 5.74) is 0. The van der Waals surface area contributed by atoms with Gasteiger partial charge in [-0.25, -0.2) is 0 Å². The van der Waals surface area contributed by atoms with Gasteiger partial charge in [0.15, 0.2) is 0 Å². The van der Waals surface area contributed by atoms with Crippen LogP contribution in [-0.2, 0) is 25.6 Å². The van der Waals surface area contributed by atoms with Crippen molar-refractivity contribution >= 4 is 30.5 Å². The third-order valence-electron chi connectivity index (χ3n) is 1.34. The molecule has 1 rings (SSSR count). The molecule has 0 aliphatic carbocycles. The van der Waals surface area contributed by atoms with Gasteiger partial charge in [-0.05, 0) is 12.1 Å². The van der Waals surface area contributed by atoms with Crippen molar-refractivity contribution in [3.8, 4) is 0 Å². The van der Waals surface area contributed by atoms with Gasteiger partial charge in [0.25, 0.3) is 0 Å². The van der Waals surface area contributed by atoms with E-state index >= 15 is 0 Å². The number of hydrogen-bond acceptors (Lipinski definition) is 1. The van der Waals surface area contributed by atoms with Crippen LogP contribution < -0.4 is 0 Å². The molecule has 1 aromatic carbocycles. The van der Waals surface area contributed by atoms with Gasteiger partial charge in [0.1, 0.15) is 0 Å². The second-order valence-electron chi connectivity index (χ2n) is 2.22. The molecule has 1 atom stereocenters. The molecule has 0 saturated carbocycles. The molecule has 0 N–H and O–H groups in total. The van der Waals surface area contributed by atoms with Crippen LogP contribution in [0, 0.1) is 6.92 Å². The minimum atomic E-state index is -0.846. The third kappa shape index (κ3) is 5.92. The van der Waals surface area contributed by atoms with Gasteiger partial charge >= 0.3 is 34.5 Å². The van der Waals surface area contributed by atoms with Crippen molar-refractivity contribution in [2.75, 3.05) is 5.75 Å². The molecule has 0 fully saturated rings. The van der Waals surface area contributed by atoms with Crippen LogP contribution in [0.1, 0.15) is 6.42 Å². The molecule has 13 heavy (non-hydrogen) atoms. The fourth-order valence-electron chi connectivity index (χ4n) is 0.821. The molecule has 0 saturated heterocycles. The van der Waals surface area contributed by atoms with Gasteiger partial charge in [-0.15, -0.1) is 0 Å². The van der Waals surface area contributed by atoms with Crippen LogP contribution in [0.5, 0.6) is 0 Å². The molecule has 0 bridgehead atoms. The van der Waals surface area contributed by atoms with Gasteiger partial charge in [-0.2, -0.15) is 6.42 Å². The fraction of sp³-hybridized carbons (Fsp3) is 0.222. The SMILES string of the molecule is [CH2-]CCS(=O)c1ccccc1.[Zn+][I]. The molecule has 1 unspecified atom stereocenters. The quantitative estimate of drug-likeness (QED) is 0.461. The van der Waals surface area contributed by atoms with Gasteiger partial charge < -0.3 is 6.92 Å². The normalized spacial score (nSPS) is 11.4. The third-order valence-corrected chi connectivity index (χ3v) is 2.79. The molecule has 1 aromatic rings. The van der Waals surface area contributed by atoms with Crippen molar-refractivity contribution in [1.82, 2.24) is 0 Å². The van der Waals surface area contributed by atoms with Crippen molar-refractivity contribution in [2.24, 2.45) is 0 Å². The molecule has 4 heteroatoms. The summed E-state index contributed by atoms with van der Waals surface area (Å²) in [5.74, 6) is 0.657. The first-order chi connectivity index (χ1) is 6.34. The fourth-order valence-corrected chi connectivity index (χ4v) is 1.78. The number of rotatable bonds is 3. The van der Waals surface area contributed by atoms with Crippen LogP contribution in [0.4, 0.5) is 0 Å². The Hall–Kier alpha value is 0.723. The molecule has 1 nitrogen and oxygen atoms in total. The summed E-state index contributed by atoms with van der Waals surface area (Å²) < 4.78 is 11.3. The molecule has 68 valence electrons. The monoisotopic (exact) mass is 358 g/mol. The Kier molecular flexibility index (Phi) is 9.80. The van der Waals surface area contributed by atoms with E-state index in [4.69, 9.17) is 0 Å². The maximum absolute atomic E-state index is 11.3. The first-order valence-corrected chi connectivity index (χ1v) is 14.2. The first kappa shape index (κ1) is 13.7. The van der Waals surface area contributed by atoms with Gasteiger partial charge in [-0.3, -0.25) is 4.21 Å². The zero-order valence-electron chi connectivity index (χ0n) is 7.41. The van der Waals surface area contributed by atoms with Gasteiger partial charge in [0.05, 0.1) is 10.8 Å². The topological polar surface area (TPSA) is 17.1 Å². The summed E-state index contributed by atoms with van der Waals surface area (Å²) >= 11 is 3.62. The zero-order chi connectivity index (χ0) is 10.1. The van der Waals surface area contributed by atoms with Crippen molar-refractivity contribution in [2.45, 2.75) is 11.3 Å².